The van der Waals surface area contributed by atoms with Gasteiger partial charge in [-0.2, -0.15) is 0 Å². The Morgan fingerprint density at radius 1 is 1.12 bits per heavy atom. The minimum Gasteiger partial charge on any atom is -0.403 e. The predicted molar refractivity (Wildman–Crippen MR) is 99.6 cm³/mol. The molecule has 6 heteroatoms. The molecular formula is C19H25N5O. The number of hydrogen-bond acceptors (Lipinski definition) is 5. The molecule has 0 radical (unpaired) electrons. The fourth-order valence-corrected chi connectivity index (χ4v) is 3.60. The Balaban J connectivity index is 1.37. The normalized spacial score (nSPS) is 15.7. The number of benzene rings is 1. The molecule has 1 aliphatic rings. The van der Waals surface area contributed by atoms with Crippen molar-refractivity contribution in [1.29, 1.82) is 0 Å². The van der Waals surface area contributed by atoms with Gasteiger partial charge in [0.15, 0.2) is 0 Å². The van der Waals surface area contributed by atoms with E-state index in [0.717, 1.165) is 36.0 Å². The van der Waals surface area contributed by atoms with Gasteiger partial charge in [-0.15, -0.1) is 5.10 Å². The van der Waals surface area contributed by atoms with Crippen LogP contribution in [-0.2, 0) is 7.05 Å². The third-order valence-corrected chi connectivity index (χ3v) is 4.93. The molecule has 25 heavy (non-hydrogen) atoms. The van der Waals surface area contributed by atoms with Crippen molar-refractivity contribution in [3.8, 4) is 11.5 Å². The molecule has 0 atom stereocenters. The molecule has 3 aromatic rings. The van der Waals surface area contributed by atoms with E-state index in [4.69, 9.17) is 4.42 Å². The third-order valence-electron chi connectivity index (χ3n) is 4.93. The van der Waals surface area contributed by atoms with Gasteiger partial charge in [-0.05, 0) is 45.0 Å². The Hall–Kier alpha value is -2.34. The van der Waals surface area contributed by atoms with Gasteiger partial charge in [0, 0.05) is 30.7 Å². The molecule has 0 bridgehead atoms. The van der Waals surface area contributed by atoms with Gasteiger partial charge < -0.3 is 19.2 Å². The lowest BCUT2D eigenvalue weighted by Crippen LogP contribution is -2.31. The van der Waals surface area contributed by atoms with Crippen LogP contribution in [0, 0.1) is 0 Å². The lowest BCUT2D eigenvalue weighted by Gasteiger charge is -2.26. The molecule has 1 fully saturated rings. The second kappa shape index (κ2) is 7.27. The molecule has 3 heterocycles. The van der Waals surface area contributed by atoms with Crippen molar-refractivity contribution < 1.29 is 4.42 Å². The Morgan fingerprint density at radius 2 is 1.96 bits per heavy atom. The van der Waals surface area contributed by atoms with Gasteiger partial charge in [0.25, 0.3) is 5.89 Å². The van der Waals surface area contributed by atoms with Crippen LogP contribution in [0.2, 0.25) is 0 Å². The SMILES string of the molecule is Cn1cc(-c2nnc(NCCCN3CCCCC3)o2)c2ccccc21. The highest BCUT2D eigenvalue weighted by Gasteiger charge is 2.14. The molecular weight excluding hydrogens is 314 g/mol. The monoisotopic (exact) mass is 339 g/mol. The van der Waals surface area contributed by atoms with Crippen molar-refractivity contribution in [2.24, 2.45) is 7.05 Å². The zero-order chi connectivity index (χ0) is 17.1. The zero-order valence-corrected chi connectivity index (χ0v) is 14.7. The number of aryl methyl sites for hydroxylation is 1. The second-order valence-corrected chi connectivity index (χ2v) is 6.77. The highest BCUT2D eigenvalue weighted by molar-refractivity contribution is 5.93. The zero-order valence-electron chi connectivity index (χ0n) is 14.7. The smallest absolute Gasteiger partial charge is 0.315 e. The fourth-order valence-electron chi connectivity index (χ4n) is 3.60. The predicted octanol–water partition coefficient (Wildman–Crippen LogP) is 3.52. The Kier molecular flexibility index (Phi) is 4.70. The average molecular weight is 339 g/mol. The van der Waals surface area contributed by atoms with Gasteiger partial charge in [0.2, 0.25) is 0 Å². The first kappa shape index (κ1) is 16.1. The number of aromatic nitrogens is 3. The number of nitrogens with one attached hydrogen (secondary N) is 1. The molecule has 0 spiro atoms. The van der Waals surface area contributed by atoms with Crippen LogP contribution in [0.1, 0.15) is 25.7 Å². The molecule has 1 aliphatic heterocycles. The van der Waals surface area contributed by atoms with Crippen molar-refractivity contribution in [1.82, 2.24) is 19.7 Å². The summed E-state index contributed by atoms with van der Waals surface area (Å²) in [4.78, 5) is 2.54. The minimum atomic E-state index is 0.501. The van der Waals surface area contributed by atoms with Gasteiger partial charge in [0.1, 0.15) is 0 Å². The summed E-state index contributed by atoms with van der Waals surface area (Å²) >= 11 is 0. The van der Waals surface area contributed by atoms with Crippen LogP contribution in [-0.4, -0.2) is 45.8 Å². The largest absolute Gasteiger partial charge is 0.403 e. The highest BCUT2D eigenvalue weighted by Crippen LogP contribution is 2.29. The van der Waals surface area contributed by atoms with E-state index in [9.17, 15) is 0 Å². The summed E-state index contributed by atoms with van der Waals surface area (Å²) < 4.78 is 7.91. The molecule has 2 aromatic heterocycles. The molecule has 1 saturated heterocycles. The molecule has 0 aliphatic carbocycles. The van der Waals surface area contributed by atoms with Crippen molar-refractivity contribution in [2.75, 3.05) is 31.5 Å². The van der Waals surface area contributed by atoms with Crippen molar-refractivity contribution in [3.05, 3.63) is 30.5 Å². The van der Waals surface area contributed by atoms with E-state index in [-0.39, 0.29) is 0 Å². The van der Waals surface area contributed by atoms with E-state index >= 15 is 0 Å². The summed E-state index contributed by atoms with van der Waals surface area (Å²) in [6.07, 6.45) is 7.19. The summed E-state index contributed by atoms with van der Waals surface area (Å²) in [5.74, 6) is 0.565. The topological polar surface area (TPSA) is 59.1 Å². The van der Waals surface area contributed by atoms with Gasteiger partial charge in [-0.25, -0.2) is 0 Å². The number of likely N-dealkylation sites (tertiary alicyclic amines) is 1. The van der Waals surface area contributed by atoms with Crippen molar-refractivity contribution >= 4 is 16.9 Å². The van der Waals surface area contributed by atoms with E-state index in [1.54, 1.807) is 0 Å². The first-order chi connectivity index (χ1) is 12.3. The summed E-state index contributed by atoms with van der Waals surface area (Å²) in [7, 11) is 2.03. The molecule has 1 N–H and O–H groups in total. The van der Waals surface area contributed by atoms with Gasteiger partial charge in [-0.1, -0.05) is 29.7 Å². The lowest BCUT2D eigenvalue weighted by atomic mass is 10.1. The van der Waals surface area contributed by atoms with Gasteiger partial charge >= 0.3 is 6.01 Å². The average Bonchev–Trinajstić information content (AvgIpc) is 3.25. The standard InChI is InChI=1S/C19H25N5O/c1-23-14-16(15-8-3-4-9-17(15)23)18-21-22-19(25-18)20-10-7-13-24-11-5-2-6-12-24/h3-4,8-9,14H,2,5-7,10-13H2,1H3,(H,20,22). The number of hydrogen-bond donors (Lipinski definition) is 1. The van der Waals surface area contributed by atoms with Crippen molar-refractivity contribution in [3.63, 3.8) is 0 Å². The van der Waals surface area contributed by atoms with E-state index in [0.29, 0.717) is 11.9 Å². The molecule has 0 unspecified atom stereocenters. The molecule has 0 amide bonds. The maximum Gasteiger partial charge on any atom is 0.315 e. The molecule has 0 saturated carbocycles. The summed E-state index contributed by atoms with van der Waals surface area (Å²) in [6.45, 7) is 4.47. The Bertz CT molecular complexity index is 831. The van der Waals surface area contributed by atoms with E-state index < -0.39 is 0 Å². The Labute approximate surface area is 147 Å². The van der Waals surface area contributed by atoms with Crippen LogP contribution in [0.15, 0.2) is 34.9 Å². The van der Waals surface area contributed by atoms with Crippen LogP contribution < -0.4 is 5.32 Å². The maximum atomic E-state index is 5.82. The maximum absolute atomic E-state index is 5.82. The van der Waals surface area contributed by atoms with Gasteiger partial charge in [0.05, 0.1) is 5.56 Å². The number of anilines is 1. The first-order valence-electron chi connectivity index (χ1n) is 9.15. The fraction of sp³-hybridized carbons (Fsp3) is 0.474. The summed E-state index contributed by atoms with van der Waals surface area (Å²) in [5.41, 5.74) is 2.14. The van der Waals surface area contributed by atoms with Crippen LogP contribution in [0.4, 0.5) is 6.01 Å². The summed E-state index contributed by atoms with van der Waals surface area (Å²) in [5, 5.41) is 12.7. The number of nitrogens with zero attached hydrogens (tertiary/aromatic N) is 4. The quantitative estimate of drug-likeness (QED) is 0.696. The number of piperidine rings is 1. The van der Waals surface area contributed by atoms with E-state index in [2.05, 4.69) is 37.1 Å². The van der Waals surface area contributed by atoms with Crippen molar-refractivity contribution in [2.45, 2.75) is 25.7 Å². The minimum absolute atomic E-state index is 0.501. The molecule has 132 valence electrons. The second-order valence-electron chi connectivity index (χ2n) is 6.77. The van der Waals surface area contributed by atoms with Crippen LogP contribution >= 0.6 is 0 Å². The molecule has 1 aromatic carbocycles. The molecule has 4 rings (SSSR count). The van der Waals surface area contributed by atoms with Crippen LogP contribution in [0.5, 0.6) is 0 Å². The molecule has 6 nitrogen and oxygen atoms in total. The van der Waals surface area contributed by atoms with E-state index in [1.807, 2.05) is 25.4 Å². The first-order valence-corrected chi connectivity index (χ1v) is 9.15. The highest BCUT2D eigenvalue weighted by atomic mass is 16.4. The third kappa shape index (κ3) is 3.54. The lowest BCUT2D eigenvalue weighted by molar-refractivity contribution is 0.228. The van der Waals surface area contributed by atoms with E-state index in [1.165, 1.54) is 32.4 Å². The number of rotatable bonds is 6. The van der Waals surface area contributed by atoms with Crippen LogP contribution in [0.25, 0.3) is 22.4 Å². The number of fused-ring (bicyclic) bond motifs is 1. The van der Waals surface area contributed by atoms with Gasteiger partial charge in [-0.3, -0.25) is 0 Å². The summed E-state index contributed by atoms with van der Waals surface area (Å²) in [6, 6.07) is 8.74. The number of para-hydroxylation sites is 1. The van der Waals surface area contributed by atoms with Crippen LogP contribution in [0.3, 0.4) is 0 Å². The Morgan fingerprint density at radius 3 is 2.84 bits per heavy atom.